The molecule has 0 saturated carbocycles. The molecule has 2 aromatic carbocycles. The molecule has 2 N–H and O–H groups in total. The normalized spacial score (nSPS) is 18.5. The number of Topliss-reactive ketones (excluding diaryl/α,β-unsaturated/α-hetero) is 1. The summed E-state index contributed by atoms with van der Waals surface area (Å²) in [6.45, 7) is -0.733. The fraction of sp³-hybridized carbons (Fsp3) is 0.120. The summed E-state index contributed by atoms with van der Waals surface area (Å²) in [5.41, 5.74) is -0.889. The van der Waals surface area contributed by atoms with Crippen LogP contribution in [0.15, 0.2) is 72.8 Å². The number of benzene rings is 2. The van der Waals surface area contributed by atoms with Crippen molar-refractivity contribution >= 4 is 88.6 Å². The van der Waals surface area contributed by atoms with Gasteiger partial charge in [0.1, 0.15) is 6.63 Å². The molecule has 1 saturated heterocycles. The van der Waals surface area contributed by atoms with Crippen LogP contribution in [0.25, 0.3) is 16.5 Å². The highest BCUT2D eigenvalue weighted by molar-refractivity contribution is 8.12. The molecule has 210 valence electrons. The average Bonchev–Trinajstić information content (AvgIpc) is 3.34. The number of nitrogens with zero attached hydrogens (tertiary/aromatic N) is 4. The van der Waals surface area contributed by atoms with Gasteiger partial charge >= 0.3 is 0 Å². The predicted octanol–water partition coefficient (Wildman–Crippen LogP) is 5.64. The monoisotopic (exact) mass is 651 g/mol. The highest BCUT2D eigenvalue weighted by Crippen LogP contribution is 2.53. The van der Waals surface area contributed by atoms with Crippen LogP contribution in [0, 0.1) is 10.1 Å². The maximum absolute atomic E-state index is 13.7. The van der Waals surface area contributed by atoms with E-state index in [0.717, 1.165) is 6.92 Å². The zero-order valence-corrected chi connectivity index (χ0v) is 24.9. The van der Waals surface area contributed by atoms with Crippen molar-refractivity contribution < 1.29 is 24.5 Å². The Balaban J connectivity index is 1.77. The van der Waals surface area contributed by atoms with Crippen LogP contribution in [0.1, 0.15) is 6.92 Å². The van der Waals surface area contributed by atoms with Gasteiger partial charge in [0.25, 0.3) is 11.8 Å². The van der Waals surface area contributed by atoms with Crippen molar-refractivity contribution in [1.82, 2.24) is 9.41 Å². The summed E-state index contributed by atoms with van der Waals surface area (Å²) < 4.78 is 1.33. The Morgan fingerprint density at radius 1 is 1.10 bits per heavy atom. The fourth-order valence-corrected chi connectivity index (χ4v) is 8.31. The van der Waals surface area contributed by atoms with Crippen molar-refractivity contribution in [1.29, 1.82) is 0 Å². The number of pyridine rings is 1. The topological polar surface area (TPSA) is 138 Å². The Kier molecular flexibility index (Phi) is 7.85. The van der Waals surface area contributed by atoms with Gasteiger partial charge in [-0.15, -0.1) is 11.6 Å². The number of hydrogen-bond acceptors (Lipinski definition) is 6. The molecule has 2 unspecified atom stereocenters. The predicted molar refractivity (Wildman–Crippen MR) is 160 cm³/mol. The molecule has 0 aliphatic carbocycles. The van der Waals surface area contributed by atoms with E-state index in [-0.39, 0.29) is 10.8 Å². The minimum Gasteiger partial charge on any atom is -0.504 e. The molecule has 1 aliphatic heterocycles. The van der Waals surface area contributed by atoms with Gasteiger partial charge in [-0.1, -0.05) is 71.0 Å². The number of hydrazine groups is 2. The first-order chi connectivity index (χ1) is 19.5. The number of rotatable bonds is 8. The Morgan fingerprint density at radius 2 is 1.71 bits per heavy atom. The summed E-state index contributed by atoms with van der Waals surface area (Å²) in [4.78, 5) is 52.8. The second-order valence-electron chi connectivity index (χ2n) is 8.80. The number of nitrogens with one attached hydrogen (secondary N) is 1. The van der Waals surface area contributed by atoms with Crippen LogP contribution in [0.4, 0.5) is 11.5 Å². The lowest BCUT2D eigenvalue weighted by atomic mass is 9.80. The van der Waals surface area contributed by atoms with Gasteiger partial charge in [0.05, 0.1) is 16.0 Å². The number of hydrogen-bond donors (Lipinski definition) is 2. The highest BCUT2D eigenvalue weighted by Gasteiger charge is 2.73. The summed E-state index contributed by atoms with van der Waals surface area (Å²) in [7, 11) is 0.490. The molecule has 41 heavy (non-hydrogen) atoms. The number of nitro groups is 1. The number of ketones is 1. The molecule has 11 nitrogen and oxygen atoms in total. The second kappa shape index (κ2) is 11.1. The van der Waals surface area contributed by atoms with Gasteiger partial charge in [-0.25, -0.2) is 10.1 Å². The van der Waals surface area contributed by atoms with Crippen molar-refractivity contribution in [2.24, 2.45) is 0 Å². The number of aromatic nitrogens is 1. The maximum Gasteiger partial charge on any atom is 0.268 e. The molecule has 2 atom stereocenters. The fourth-order valence-electron chi connectivity index (χ4n) is 4.66. The Labute approximate surface area is 249 Å². The number of fused-ring (bicyclic) bond motifs is 1. The lowest BCUT2D eigenvalue weighted by Gasteiger charge is -2.51. The van der Waals surface area contributed by atoms with Gasteiger partial charge in [0, 0.05) is 16.4 Å². The second-order valence-corrected chi connectivity index (χ2v) is 14.1. The van der Waals surface area contributed by atoms with Crippen molar-refractivity contribution in [3.05, 3.63) is 82.9 Å². The molecular formula is C25H18Cl3N5O6P2. The van der Waals surface area contributed by atoms with Crippen LogP contribution in [0.3, 0.4) is 0 Å². The van der Waals surface area contributed by atoms with Crippen LogP contribution in [-0.2, 0) is 14.4 Å². The van der Waals surface area contributed by atoms with Crippen molar-refractivity contribution in [2.45, 2.75) is 17.8 Å². The summed E-state index contributed by atoms with van der Waals surface area (Å²) in [5.74, 6) is -4.26. The molecule has 1 aliphatic rings. The summed E-state index contributed by atoms with van der Waals surface area (Å²) in [6.07, 6.45) is 0. The standard InChI is InChI=1S/C25H18Cl3N5O6P2/c1-14(34)25(24(37)29-16-10-6-3-7-11-16)19(26)21(36)31(25)32(33(38)39)20-18(35)13-12-17-23(41(27)28)40-22(30(17)20)15-8-4-2-5-9-15/h2-13,19,35H,1H3,(H,29,37). The Hall–Kier alpha value is -3.46. The number of β-lactam (4-membered cyclic amide) rings is 1. The number of carbonyl (C=O) groups is 3. The van der Waals surface area contributed by atoms with Gasteiger partial charge in [-0.3, -0.25) is 18.8 Å². The number of para-hydroxylation sites is 1. The molecule has 3 heterocycles. The minimum absolute atomic E-state index is 0.179. The first-order valence-electron chi connectivity index (χ1n) is 11.7. The number of halogens is 3. The Morgan fingerprint density at radius 3 is 2.27 bits per heavy atom. The number of anilines is 2. The summed E-state index contributed by atoms with van der Waals surface area (Å²) in [6, 6.07) is 19.4. The van der Waals surface area contributed by atoms with Crippen molar-refractivity contribution in [3.63, 3.8) is 0 Å². The van der Waals surface area contributed by atoms with Crippen LogP contribution in [0.2, 0.25) is 0 Å². The molecule has 0 bridgehead atoms. The lowest BCUT2D eigenvalue weighted by Crippen LogP contribution is -2.84. The molecule has 1 fully saturated rings. The minimum atomic E-state index is -2.53. The summed E-state index contributed by atoms with van der Waals surface area (Å²) in [5, 5.41) is 24.6. The van der Waals surface area contributed by atoms with Gasteiger partial charge in [0.15, 0.2) is 21.9 Å². The van der Waals surface area contributed by atoms with E-state index >= 15 is 0 Å². The molecule has 2 amide bonds. The first-order valence-corrected chi connectivity index (χ1v) is 16.2. The molecule has 0 radical (unpaired) electrons. The van der Waals surface area contributed by atoms with Crippen molar-refractivity contribution in [3.8, 4) is 16.7 Å². The van der Waals surface area contributed by atoms with E-state index in [0.29, 0.717) is 34.7 Å². The average molecular weight is 653 g/mol. The number of amides is 2. The van der Waals surface area contributed by atoms with Crippen LogP contribution in [0.5, 0.6) is 5.75 Å². The lowest BCUT2D eigenvalue weighted by molar-refractivity contribution is -0.525. The Bertz CT molecular complexity index is 1710. The third-order valence-electron chi connectivity index (χ3n) is 6.50. The SMILES string of the molecule is CC(=O)C1(C(=O)Nc2ccccc2)C(Cl)C(=O)N1N(c1c(O)ccc2c(P(Cl)Cl)pc(-c3ccccc3)n12)[N+](=O)[O-]. The van der Waals surface area contributed by atoms with E-state index in [4.69, 9.17) is 34.1 Å². The molecule has 0 spiro atoms. The molecule has 2 aromatic heterocycles. The van der Waals surface area contributed by atoms with E-state index < -0.39 is 51.7 Å². The highest BCUT2D eigenvalue weighted by atomic mass is 35.9. The van der Waals surface area contributed by atoms with Gasteiger partial charge in [-0.2, -0.15) is 5.01 Å². The largest absolute Gasteiger partial charge is 0.504 e. The van der Waals surface area contributed by atoms with E-state index in [9.17, 15) is 29.6 Å². The van der Waals surface area contributed by atoms with Crippen molar-refractivity contribution in [2.75, 3.05) is 10.4 Å². The molecule has 4 aromatic rings. The quantitative estimate of drug-likeness (QED) is 0.0628. The van der Waals surface area contributed by atoms with Gasteiger partial charge in [-0.05, 0) is 39.4 Å². The molecule has 5 rings (SSSR count). The smallest absolute Gasteiger partial charge is 0.268 e. The molecular weight excluding hydrogens is 635 g/mol. The maximum atomic E-state index is 13.7. The van der Waals surface area contributed by atoms with E-state index in [1.807, 2.05) is 0 Å². The zero-order chi connectivity index (χ0) is 29.6. The van der Waals surface area contributed by atoms with Crippen LogP contribution in [-0.4, -0.2) is 48.1 Å². The number of aromatic hydroxyl groups is 1. The van der Waals surface area contributed by atoms with E-state index in [1.165, 1.54) is 28.7 Å². The first kappa shape index (κ1) is 29.0. The third kappa shape index (κ3) is 4.58. The summed E-state index contributed by atoms with van der Waals surface area (Å²) >= 11 is 19.0. The zero-order valence-electron chi connectivity index (χ0n) is 20.8. The number of carbonyl (C=O) groups excluding carboxylic acids is 3. The molecule has 16 heteroatoms. The van der Waals surface area contributed by atoms with Crippen LogP contribution < -0.4 is 15.5 Å². The van der Waals surface area contributed by atoms with E-state index in [1.54, 1.807) is 48.5 Å². The number of alkyl halides is 1. The third-order valence-corrected chi connectivity index (χ3v) is 11.3. The van der Waals surface area contributed by atoms with Gasteiger partial charge in [0.2, 0.25) is 11.4 Å². The van der Waals surface area contributed by atoms with Crippen LogP contribution >= 0.6 is 48.9 Å². The van der Waals surface area contributed by atoms with E-state index in [2.05, 4.69) is 5.32 Å². The van der Waals surface area contributed by atoms with Gasteiger partial charge < -0.3 is 10.4 Å².